The van der Waals surface area contributed by atoms with Crippen LogP contribution >= 0.6 is 15.9 Å². The number of sulfonamides is 1. The third-order valence-electron chi connectivity index (χ3n) is 4.66. The van der Waals surface area contributed by atoms with Gasteiger partial charge in [-0.3, -0.25) is 0 Å². The Hall–Kier alpha value is -2.58. The van der Waals surface area contributed by atoms with E-state index < -0.39 is 21.9 Å². The Kier molecular flexibility index (Phi) is 5.23. The molecule has 0 aromatic heterocycles. The number of benzene rings is 3. The van der Waals surface area contributed by atoms with Crippen molar-refractivity contribution in [2.24, 2.45) is 5.10 Å². The van der Waals surface area contributed by atoms with Gasteiger partial charge in [0, 0.05) is 10.9 Å². The summed E-state index contributed by atoms with van der Waals surface area (Å²) in [5, 5.41) is 4.37. The summed E-state index contributed by atoms with van der Waals surface area (Å²) in [6, 6.07) is 17.1. The molecular formula is C21H15BrF2N2O2S. The molecule has 3 aromatic rings. The van der Waals surface area contributed by atoms with E-state index in [1.54, 1.807) is 12.1 Å². The Morgan fingerprint density at radius 2 is 1.41 bits per heavy atom. The molecule has 0 N–H and O–H groups in total. The predicted octanol–water partition coefficient (Wildman–Crippen LogP) is 5.27. The van der Waals surface area contributed by atoms with Crippen molar-refractivity contribution >= 4 is 31.7 Å². The van der Waals surface area contributed by atoms with Crippen LogP contribution in [0, 0.1) is 11.6 Å². The molecule has 148 valence electrons. The Balaban J connectivity index is 1.79. The average molecular weight is 477 g/mol. The summed E-state index contributed by atoms with van der Waals surface area (Å²) >= 11 is 3.38. The van der Waals surface area contributed by atoms with Crippen LogP contribution in [0.25, 0.3) is 0 Å². The van der Waals surface area contributed by atoms with Crippen LogP contribution in [0.3, 0.4) is 0 Å². The monoisotopic (exact) mass is 476 g/mol. The molecule has 0 radical (unpaired) electrons. The van der Waals surface area contributed by atoms with Crippen molar-refractivity contribution in [1.29, 1.82) is 0 Å². The first-order valence-corrected chi connectivity index (χ1v) is 11.0. The molecular weight excluding hydrogens is 462 g/mol. The van der Waals surface area contributed by atoms with Gasteiger partial charge >= 0.3 is 0 Å². The third-order valence-corrected chi connectivity index (χ3v) is 6.89. The van der Waals surface area contributed by atoms with Gasteiger partial charge in [0.1, 0.15) is 11.6 Å². The van der Waals surface area contributed by atoms with E-state index in [4.69, 9.17) is 0 Å². The van der Waals surface area contributed by atoms with Gasteiger partial charge in [0.25, 0.3) is 10.0 Å². The highest BCUT2D eigenvalue weighted by atomic mass is 79.9. The normalized spacial score (nSPS) is 16.7. The highest BCUT2D eigenvalue weighted by Gasteiger charge is 2.37. The topological polar surface area (TPSA) is 49.7 Å². The van der Waals surface area contributed by atoms with E-state index in [1.165, 1.54) is 24.3 Å². The molecule has 29 heavy (non-hydrogen) atoms. The van der Waals surface area contributed by atoms with Gasteiger partial charge in [-0.1, -0.05) is 40.2 Å². The van der Waals surface area contributed by atoms with Crippen LogP contribution in [0.15, 0.2) is 87.3 Å². The Morgan fingerprint density at radius 3 is 2.00 bits per heavy atom. The first-order chi connectivity index (χ1) is 13.8. The first-order valence-electron chi connectivity index (χ1n) is 8.73. The molecule has 3 aromatic carbocycles. The lowest BCUT2D eigenvalue weighted by Crippen LogP contribution is -2.27. The van der Waals surface area contributed by atoms with Gasteiger partial charge in [-0.2, -0.15) is 17.9 Å². The summed E-state index contributed by atoms with van der Waals surface area (Å²) in [6.45, 7) is 0. The molecule has 0 fully saturated rings. The SMILES string of the molecule is O=S(=O)(c1ccc(F)cc1)N1N=C(c2ccc(F)cc2)CC1c1ccc(Br)cc1. The molecule has 0 saturated heterocycles. The summed E-state index contributed by atoms with van der Waals surface area (Å²) in [7, 11) is -4.02. The maximum atomic E-state index is 13.3. The Bertz CT molecular complexity index is 1160. The standard InChI is InChI=1S/C21H15BrF2N2O2S/c22-16-5-1-15(2-6-16)21-13-20(14-3-7-17(23)8-4-14)25-26(21)29(27,28)19-11-9-18(24)10-12-19/h1-12,21H,13H2. The van der Waals surface area contributed by atoms with E-state index in [-0.39, 0.29) is 10.7 Å². The fourth-order valence-electron chi connectivity index (χ4n) is 3.17. The molecule has 1 atom stereocenters. The minimum Gasteiger partial charge on any atom is -0.207 e. The average Bonchev–Trinajstić information content (AvgIpc) is 3.16. The zero-order valence-corrected chi connectivity index (χ0v) is 17.4. The van der Waals surface area contributed by atoms with Crippen LogP contribution < -0.4 is 0 Å². The van der Waals surface area contributed by atoms with E-state index in [0.29, 0.717) is 17.7 Å². The highest BCUT2D eigenvalue weighted by molar-refractivity contribution is 9.10. The maximum absolute atomic E-state index is 13.3. The zero-order chi connectivity index (χ0) is 20.6. The van der Waals surface area contributed by atoms with Crippen LogP contribution in [0.5, 0.6) is 0 Å². The van der Waals surface area contributed by atoms with Crippen molar-refractivity contribution in [3.05, 3.63) is 100 Å². The van der Waals surface area contributed by atoms with Crippen LogP contribution in [-0.4, -0.2) is 18.5 Å². The fraction of sp³-hybridized carbons (Fsp3) is 0.0952. The van der Waals surface area contributed by atoms with Gasteiger partial charge in [0.15, 0.2) is 0 Å². The predicted molar refractivity (Wildman–Crippen MR) is 110 cm³/mol. The van der Waals surface area contributed by atoms with Crippen LogP contribution in [0.1, 0.15) is 23.6 Å². The third kappa shape index (κ3) is 3.95. The number of rotatable bonds is 4. The lowest BCUT2D eigenvalue weighted by Gasteiger charge is -2.23. The van der Waals surface area contributed by atoms with Crippen molar-refractivity contribution in [3.63, 3.8) is 0 Å². The van der Waals surface area contributed by atoms with E-state index >= 15 is 0 Å². The molecule has 0 bridgehead atoms. The van der Waals surface area contributed by atoms with E-state index in [1.807, 2.05) is 24.3 Å². The van der Waals surface area contributed by atoms with Crippen molar-refractivity contribution in [1.82, 2.24) is 4.41 Å². The van der Waals surface area contributed by atoms with Crippen molar-refractivity contribution in [2.75, 3.05) is 0 Å². The van der Waals surface area contributed by atoms with E-state index in [2.05, 4.69) is 21.0 Å². The van der Waals surface area contributed by atoms with E-state index in [9.17, 15) is 17.2 Å². The largest absolute Gasteiger partial charge is 0.279 e. The first kappa shape index (κ1) is 19.7. The number of hydrazone groups is 1. The van der Waals surface area contributed by atoms with Gasteiger partial charge < -0.3 is 0 Å². The number of halogens is 3. The van der Waals surface area contributed by atoms with Crippen LogP contribution in [0.4, 0.5) is 8.78 Å². The molecule has 8 heteroatoms. The van der Waals surface area contributed by atoms with Crippen LogP contribution in [0.2, 0.25) is 0 Å². The number of hydrogen-bond acceptors (Lipinski definition) is 3. The molecule has 1 unspecified atom stereocenters. The van der Waals surface area contributed by atoms with Crippen LogP contribution in [-0.2, 0) is 10.0 Å². The Labute approximate surface area is 175 Å². The van der Waals surface area contributed by atoms with Gasteiger partial charge in [0.05, 0.1) is 16.6 Å². The number of nitrogens with zero attached hydrogens (tertiary/aromatic N) is 2. The lowest BCUT2D eigenvalue weighted by molar-refractivity contribution is 0.371. The minimum atomic E-state index is -4.02. The molecule has 0 saturated carbocycles. The van der Waals surface area contributed by atoms with E-state index in [0.717, 1.165) is 26.6 Å². The zero-order valence-electron chi connectivity index (χ0n) is 15.0. The molecule has 1 aliphatic rings. The smallest absolute Gasteiger partial charge is 0.207 e. The van der Waals surface area contributed by atoms with Crippen molar-refractivity contribution < 1.29 is 17.2 Å². The van der Waals surface area contributed by atoms with Gasteiger partial charge in [-0.05, 0) is 59.7 Å². The summed E-state index contributed by atoms with van der Waals surface area (Å²) < 4.78 is 55.0. The molecule has 0 spiro atoms. The molecule has 4 nitrogen and oxygen atoms in total. The maximum Gasteiger partial charge on any atom is 0.279 e. The van der Waals surface area contributed by atoms with Gasteiger partial charge in [-0.25, -0.2) is 8.78 Å². The molecule has 4 rings (SSSR count). The van der Waals surface area contributed by atoms with Crippen molar-refractivity contribution in [2.45, 2.75) is 17.4 Å². The summed E-state index contributed by atoms with van der Waals surface area (Å²) in [4.78, 5) is -0.0508. The summed E-state index contributed by atoms with van der Waals surface area (Å²) in [5.41, 5.74) is 1.94. The summed E-state index contributed by atoms with van der Waals surface area (Å²) in [6.07, 6.45) is 0.327. The molecule has 0 amide bonds. The quantitative estimate of drug-likeness (QED) is 0.515. The lowest BCUT2D eigenvalue weighted by atomic mass is 9.99. The number of hydrogen-bond donors (Lipinski definition) is 0. The van der Waals surface area contributed by atoms with Gasteiger partial charge in [-0.15, -0.1) is 0 Å². The minimum absolute atomic E-state index is 0.0508. The molecule has 1 heterocycles. The highest BCUT2D eigenvalue weighted by Crippen LogP contribution is 2.37. The second kappa shape index (κ2) is 7.68. The second-order valence-electron chi connectivity index (χ2n) is 6.56. The molecule has 0 aliphatic carbocycles. The fourth-order valence-corrected chi connectivity index (χ4v) is 4.87. The van der Waals surface area contributed by atoms with Crippen molar-refractivity contribution in [3.8, 4) is 0 Å². The van der Waals surface area contributed by atoms with Gasteiger partial charge in [0.2, 0.25) is 0 Å². The Morgan fingerprint density at radius 1 is 0.862 bits per heavy atom. The second-order valence-corrected chi connectivity index (χ2v) is 9.27. The molecule has 1 aliphatic heterocycles. The summed E-state index contributed by atoms with van der Waals surface area (Å²) in [5.74, 6) is -0.905.